The molecule has 4 aliphatic carbocycles. The number of aromatic nitrogens is 1. The van der Waals surface area contributed by atoms with Crippen molar-refractivity contribution in [1.82, 2.24) is 4.98 Å². The molecule has 0 aromatic carbocycles. The van der Waals surface area contributed by atoms with Gasteiger partial charge >= 0.3 is 6.18 Å². The molecule has 0 saturated heterocycles. The van der Waals surface area contributed by atoms with E-state index in [2.05, 4.69) is 4.98 Å². The zero-order chi connectivity index (χ0) is 20.7. The topological polar surface area (TPSA) is 56.0 Å². The van der Waals surface area contributed by atoms with E-state index in [0.717, 1.165) is 30.6 Å². The van der Waals surface area contributed by atoms with Gasteiger partial charge in [-0.05, 0) is 75.2 Å². The first-order chi connectivity index (χ1) is 13.6. The summed E-state index contributed by atoms with van der Waals surface area (Å²) in [7, 11) is 0. The molecule has 4 aliphatic rings. The summed E-state index contributed by atoms with van der Waals surface area (Å²) >= 11 is 1.06. The van der Waals surface area contributed by atoms with Gasteiger partial charge in [0.05, 0.1) is 16.1 Å². The van der Waals surface area contributed by atoms with Crippen molar-refractivity contribution in [2.45, 2.75) is 65.0 Å². The monoisotopic (exact) mass is 422 g/mol. The Morgan fingerprint density at radius 1 is 1.17 bits per heavy atom. The number of rotatable bonds is 3. The number of thiophene rings is 1. The van der Waals surface area contributed by atoms with Crippen LogP contribution in [0.5, 0.6) is 0 Å². The van der Waals surface area contributed by atoms with E-state index in [1.807, 2.05) is 0 Å². The zero-order valence-corrected chi connectivity index (χ0v) is 17.5. The highest BCUT2D eigenvalue weighted by atomic mass is 32.1. The molecule has 6 rings (SSSR count). The molecule has 2 N–H and O–H groups in total. The number of fused-ring (bicyclic) bond motifs is 1. The lowest BCUT2D eigenvalue weighted by Crippen LogP contribution is -2.49. The fraction of sp³-hybridized carbons (Fsp3) is 0.636. The van der Waals surface area contributed by atoms with Gasteiger partial charge in [0.1, 0.15) is 4.83 Å². The van der Waals surface area contributed by atoms with E-state index < -0.39 is 17.2 Å². The number of halogens is 3. The summed E-state index contributed by atoms with van der Waals surface area (Å²) in [6, 6.07) is 0. The van der Waals surface area contributed by atoms with Crippen molar-refractivity contribution in [1.29, 1.82) is 0 Å². The van der Waals surface area contributed by atoms with Gasteiger partial charge in [-0.1, -0.05) is 6.92 Å². The van der Waals surface area contributed by atoms with Gasteiger partial charge in [0.15, 0.2) is 5.78 Å². The largest absolute Gasteiger partial charge is 0.417 e. The summed E-state index contributed by atoms with van der Waals surface area (Å²) < 4.78 is 41.8. The maximum Gasteiger partial charge on any atom is 0.417 e. The fourth-order valence-corrected chi connectivity index (χ4v) is 7.97. The van der Waals surface area contributed by atoms with Crippen molar-refractivity contribution in [2.24, 2.45) is 23.2 Å². The van der Waals surface area contributed by atoms with Gasteiger partial charge in [-0.3, -0.25) is 4.79 Å². The predicted molar refractivity (Wildman–Crippen MR) is 108 cm³/mol. The van der Waals surface area contributed by atoms with Crippen LogP contribution in [0.3, 0.4) is 0 Å². The summed E-state index contributed by atoms with van der Waals surface area (Å²) in [4.78, 5) is 18.7. The predicted octanol–water partition coefficient (Wildman–Crippen LogP) is 6.17. The molecule has 4 saturated carbocycles. The SMILES string of the molecule is CCc1nc2sc(C(=O)C34CC5CC(CC(C5)C3)C4)c(N)c2c(C(F)(F)F)c1C. The minimum absolute atomic E-state index is 0.0173. The smallest absolute Gasteiger partial charge is 0.397 e. The second-order valence-electron chi connectivity index (χ2n) is 9.46. The first-order valence-corrected chi connectivity index (χ1v) is 11.3. The molecule has 0 atom stereocenters. The first kappa shape index (κ1) is 19.3. The lowest BCUT2D eigenvalue weighted by atomic mass is 9.48. The second kappa shape index (κ2) is 6.19. The van der Waals surface area contributed by atoms with Gasteiger partial charge in [-0.2, -0.15) is 13.2 Å². The molecule has 4 fully saturated rings. The third kappa shape index (κ3) is 2.76. The standard InChI is InChI=1S/C22H25F3N2OS/c1-3-14-10(2)16(22(23,24)25)15-17(26)18(29-20(15)27-14)19(28)21-7-11-4-12(8-21)6-13(5-11)9-21/h11-13H,3-9,26H2,1-2H3. The van der Waals surface area contributed by atoms with E-state index in [-0.39, 0.29) is 27.3 Å². The number of carbonyl (C=O) groups excluding carboxylic acids is 1. The number of nitrogens with two attached hydrogens (primary N) is 1. The molecular weight excluding hydrogens is 397 g/mol. The number of nitrogens with zero attached hydrogens (tertiary/aromatic N) is 1. The number of nitrogen functional groups attached to an aromatic ring is 1. The van der Waals surface area contributed by atoms with Crippen LogP contribution in [0.25, 0.3) is 10.2 Å². The first-order valence-electron chi connectivity index (χ1n) is 10.5. The summed E-state index contributed by atoms with van der Waals surface area (Å²) in [5, 5.41) is -0.0784. The van der Waals surface area contributed by atoms with Crippen LogP contribution in [0.15, 0.2) is 0 Å². The average molecular weight is 423 g/mol. The number of alkyl halides is 3. The molecule has 156 valence electrons. The fourth-order valence-electron chi connectivity index (χ4n) is 6.79. The molecule has 0 amide bonds. The van der Waals surface area contributed by atoms with Gasteiger partial charge in [-0.25, -0.2) is 4.98 Å². The Bertz CT molecular complexity index is 988. The number of aryl methyl sites for hydroxylation is 1. The molecule has 2 heterocycles. The van der Waals surface area contributed by atoms with Gasteiger partial charge in [0, 0.05) is 16.5 Å². The summed E-state index contributed by atoms with van der Waals surface area (Å²) in [5.74, 6) is 1.72. The number of ketones is 1. The molecule has 3 nitrogen and oxygen atoms in total. The van der Waals surface area contributed by atoms with Crippen LogP contribution in [-0.4, -0.2) is 10.8 Å². The molecule has 7 heteroatoms. The quantitative estimate of drug-likeness (QED) is 0.602. The van der Waals surface area contributed by atoms with Crippen molar-refractivity contribution in [3.63, 3.8) is 0 Å². The minimum atomic E-state index is -4.54. The second-order valence-corrected chi connectivity index (χ2v) is 10.5. The van der Waals surface area contributed by atoms with Gasteiger partial charge < -0.3 is 5.73 Å². The van der Waals surface area contributed by atoms with Crippen molar-refractivity contribution in [3.8, 4) is 0 Å². The van der Waals surface area contributed by atoms with Crippen LogP contribution in [0, 0.1) is 30.1 Å². The van der Waals surface area contributed by atoms with E-state index in [1.165, 1.54) is 26.2 Å². The lowest BCUT2D eigenvalue weighted by Gasteiger charge is -2.55. The van der Waals surface area contributed by atoms with E-state index >= 15 is 0 Å². The van der Waals surface area contributed by atoms with Crippen molar-refractivity contribution in [3.05, 3.63) is 21.7 Å². The van der Waals surface area contributed by atoms with E-state index in [1.54, 1.807) is 6.92 Å². The van der Waals surface area contributed by atoms with Crippen LogP contribution >= 0.6 is 11.3 Å². The van der Waals surface area contributed by atoms with E-state index in [0.29, 0.717) is 34.7 Å². The maximum atomic E-state index is 13.9. The number of hydrogen-bond donors (Lipinski definition) is 1. The van der Waals surface area contributed by atoms with Crippen molar-refractivity contribution < 1.29 is 18.0 Å². The molecule has 4 bridgehead atoms. The summed E-state index contributed by atoms with van der Waals surface area (Å²) in [5.41, 5.74) is 5.63. The molecule has 0 radical (unpaired) electrons. The average Bonchev–Trinajstić information content (AvgIpc) is 2.94. The van der Waals surface area contributed by atoms with Crippen molar-refractivity contribution >= 4 is 33.0 Å². The molecule has 29 heavy (non-hydrogen) atoms. The van der Waals surface area contributed by atoms with E-state index in [9.17, 15) is 18.0 Å². The summed E-state index contributed by atoms with van der Waals surface area (Å²) in [6.45, 7) is 3.24. The lowest BCUT2D eigenvalue weighted by molar-refractivity contribution is -0.136. The molecule has 2 aromatic rings. The van der Waals surface area contributed by atoms with Gasteiger partial charge in [0.2, 0.25) is 0 Å². The van der Waals surface area contributed by atoms with Gasteiger partial charge in [-0.15, -0.1) is 11.3 Å². The van der Waals surface area contributed by atoms with Crippen LogP contribution in [0.2, 0.25) is 0 Å². The Balaban J connectivity index is 1.67. The number of Topliss-reactive ketones (excluding diaryl/α,β-unsaturated/α-hetero) is 1. The molecule has 2 aromatic heterocycles. The molecule has 0 spiro atoms. The van der Waals surface area contributed by atoms with Crippen LogP contribution in [0.1, 0.15) is 71.9 Å². The maximum absolute atomic E-state index is 13.9. The molecular formula is C22H25F3N2OS. The number of anilines is 1. The molecule has 0 unspecified atom stereocenters. The Hall–Kier alpha value is -1.63. The highest BCUT2D eigenvalue weighted by Crippen LogP contribution is 2.61. The van der Waals surface area contributed by atoms with Crippen LogP contribution < -0.4 is 5.73 Å². The highest BCUT2D eigenvalue weighted by molar-refractivity contribution is 7.21. The van der Waals surface area contributed by atoms with Crippen LogP contribution in [-0.2, 0) is 12.6 Å². The minimum Gasteiger partial charge on any atom is -0.397 e. The Morgan fingerprint density at radius 2 is 1.72 bits per heavy atom. The van der Waals surface area contributed by atoms with Crippen molar-refractivity contribution in [2.75, 3.05) is 5.73 Å². The zero-order valence-electron chi connectivity index (χ0n) is 16.7. The normalized spacial score (nSPS) is 31.0. The number of carbonyl (C=O) groups is 1. The molecule has 0 aliphatic heterocycles. The van der Waals surface area contributed by atoms with Gasteiger partial charge in [0.25, 0.3) is 0 Å². The Kier molecular flexibility index (Phi) is 4.13. The van der Waals surface area contributed by atoms with E-state index in [4.69, 9.17) is 5.73 Å². The van der Waals surface area contributed by atoms with Crippen LogP contribution in [0.4, 0.5) is 18.9 Å². The third-order valence-corrected chi connectivity index (χ3v) is 8.66. The highest BCUT2D eigenvalue weighted by Gasteiger charge is 2.55. The Morgan fingerprint density at radius 3 is 2.21 bits per heavy atom. The number of hydrogen-bond acceptors (Lipinski definition) is 4. The number of pyridine rings is 1. The Labute approximate surface area is 171 Å². The third-order valence-electron chi connectivity index (χ3n) is 7.57. The summed E-state index contributed by atoms with van der Waals surface area (Å²) in [6.07, 6.45) is 2.07.